The van der Waals surface area contributed by atoms with Gasteiger partial charge >= 0.3 is 0 Å². The average molecular weight is 515 g/mol. The van der Waals surface area contributed by atoms with E-state index in [0.717, 1.165) is 10.5 Å². The minimum Gasteiger partial charge on any atom is -0.495 e. The summed E-state index contributed by atoms with van der Waals surface area (Å²) in [4.78, 5) is 10.3. The Kier molecular flexibility index (Phi) is 7.87. The fourth-order valence-corrected chi connectivity index (χ4v) is 5.18. The van der Waals surface area contributed by atoms with Crippen molar-refractivity contribution in [2.45, 2.75) is 30.4 Å². The van der Waals surface area contributed by atoms with Crippen molar-refractivity contribution >= 4 is 37.3 Å². The van der Waals surface area contributed by atoms with Gasteiger partial charge in [0.05, 0.1) is 30.9 Å². The number of methoxy groups -OCH3 is 1. The van der Waals surface area contributed by atoms with Crippen LogP contribution < -0.4 is 9.04 Å². The lowest BCUT2D eigenvalue weighted by Gasteiger charge is -2.25. The zero-order chi connectivity index (χ0) is 22.4. The van der Waals surface area contributed by atoms with E-state index in [1.54, 1.807) is 24.3 Å². The zero-order valence-electron chi connectivity index (χ0n) is 16.9. The molecule has 2 aromatic carbocycles. The van der Waals surface area contributed by atoms with Crippen LogP contribution in [0.2, 0.25) is 0 Å². The molecule has 168 valence electrons. The number of rotatable bonds is 10. The van der Waals surface area contributed by atoms with Gasteiger partial charge in [0.2, 0.25) is 0 Å². The first-order valence-corrected chi connectivity index (χ1v) is 11.9. The molecule has 0 atom stereocenters. The Labute approximate surface area is 189 Å². The molecule has 0 aromatic heterocycles. The molecule has 0 saturated carbocycles. The quantitative estimate of drug-likeness (QED) is 0.266. The molecule has 3 rings (SSSR count). The average Bonchev–Trinajstić information content (AvgIpc) is 3.27. The van der Waals surface area contributed by atoms with Crippen LogP contribution in [0, 0.1) is 10.1 Å². The molecule has 1 heterocycles. The SMILES string of the molecule is COc1ccc([N+](=O)[O-])cc1S(=O)(=O)N(CCCCC1OCCO1)c1ccc(Br)cc1. The van der Waals surface area contributed by atoms with Crippen LogP contribution in [0.15, 0.2) is 51.8 Å². The van der Waals surface area contributed by atoms with Crippen LogP contribution in [0.4, 0.5) is 11.4 Å². The second-order valence-electron chi connectivity index (χ2n) is 6.81. The van der Waals surface area contributed by atoms with Crippen molar-refractivity contribution in [3.63, 3.8) is 0 Å². The smallest absolute Gasteiger partial charge is 0.271 e. The Bertz CT molecular complexity index is 1010. The highest BCUT2D eigenvalue weighted by Crippen LogP contribution is 2.33. The number of nitro benzene ring substituents is 1. The summed E-state index contributed by atoms with van der Waals surface area (Å²) in [6, 6.07) is 10.4. The predicted octanol–water partition coefficient (Wildman–Crippen LogP) is 4.10. The Morgan fingerprint density at radius 2 is 1.84 bits per heavy atom. The van der Waals surface area contributed by atoms with E-state index in [1.165, 1.54) is 23.5 Å². The first-order valence-electron chi connectivity index (χ1n) is 9.67. The molecule has 0 unspecified atom stereocenters. The summed E-state index contributed by atoms with van der Waals surface area (Å²) in [7, 11) is -2.81. The van der Waals surface area contributed by atoms with Gasteiger partial charge in [0.1, 0.15) is 10.6 Å². The molecule has 31 heavy (non-hydrogen) atoms. The summed E-state index contributed by atoms with van der Waals surface area (Å²) in [5.41, 5.74) is 0.121. The van der Waals surface area contributed by atoms with Gasteiger partial charge in [0.15, 0.2) is 6.29 Å². The molecule has 0 N–H and O–H groups in total. The first-order chi connectivity index (χ1) is 14.8. The number of sulfonamides is 1. The van der Waals surface area contributed by atoms with Crippen LogP contribution in [0.1, 0.15) is 19.3 Å². The Morgan fingerprint density at radius 1 is 1.16 bits per heavy atom. The molecule has 0 spiro atoms. The van der Waals surface area contributed by atoms with Crippen LogP contribution in [0.5, 0.6) is 5.75 Å². The van der Waals surface area contributed by atoms with Crippen LogP contribution in [-0.2, 0) is 19.5 Å². The van der Waals surface area contributed by atoms with E-state index in [2.05, 4.69) is 15.9 Å². The summed E-state index contributed by atoms with van der Waals surface area (Å²) < 4.78 is 45.3. The van der Waals surface area contributed by atoms with Crippen molar-refractivity contribution in [1.29, 1.82) is 0 Å². The Hall–Kier alpha value is -2.21. The van der Waals surface area contributed by atoms with Gasteiger partial charge in [-0.15, -0.1) is 0 Å². The van der Waals surface area contributed by atoms with E-state index >= 15 is 0 Å². The molecule has 1 saturated heterocycles. The minimum absolute atomic E-state index is 0.0421. The largest absolute Gasteiger partial charge is 0.495 e. The molecule has 1 fully saturated rings. The van der Waals surface area contributed by atoms with Crippen molar-refractivity contribution in [2.75, 3.05) is 31.2 Å². The second kappa shape index (κ2) is 10.4. The number of hydrogen-bond donors (Lipinski definition) is 0. The number of non-ortho nitro benzene ring substituents is 1. The monoisotopic (exact) mass is 514 g/mol. The molecule has 0 amide bonds. The molecule has 0 radical (unpaired) electrons. The molecule has 9 nitrogen and oxygen atoms in total. The van der Waals surface area contributed by atoms with Crippen LogP contribution in [0.3, 0.4) is 0 Å². The lowest BCUT2D eigenvalue weighted by molar-refractivity contribution is -0.385. The van der Waals surface area contributed by atoms with E-state index in [9.17, 15) is 18.5 Å². The van der Waals surface area contributed by atoms with E-state index in [1.807, 2.05) is 0 Å². The summed E-state index contributed by atoms with van der Waals surface area (Å²) >= 11 is 3.35. The van der Waals surface area contributed by atoms with Gasteiger partial charge in [-0.1, -0.05) is 15.9 Å². The highest BCUT2D eigenvalue weighted by atomic mass is 79.9. The van der Waals surface area contributed by atoms with Gasteiger partial charge < -0.3 is 14.2 Å². The van der Waals surface area contributed by atoms with E-state index in [-0.39, 0.29) is 29.2 Å². The first kappa shape index (κ1) is 23.5. The number of halogens is 1. The molecule has 11 heteroatoms. The Morgan fingerprint density at radius 3 is 2.45 bits per heavy atom. The molecule has 1 aliphatic rings. The van der Waals surface area contributed by atoms with E-state index in [0.29, 0.717) is 38.2 Å². The molecule has 0 bridgehead atoms. The molecule has 2 aromatic rings. The highest BCUT2D eigenvalue weighted by molar-refractivity contribution is 9.10. The fraction of sp³-hybridized carbons (Fsp3) is 0.400. The number of anilines is 1. The van der Waals surface area contributed by atoms with E-state index < -0.39 is 14.9 Å². The zero-order valence-corrected chi connectivity index (χ0v) is 19.3. The van der Waals surface area contributed by atoms with Crippen LogP contribution in [-0.4, -0.2) is 46.5 Å². The lowest BCUT2D eigenvalue weighted by Crippen LogP contribution is -2.32. The third-order valence-electron chi connectivity index (χ3n) is 4.78. The summed E-state index contributed by atoms with van der Waals surface area (Å²) in [6.07, 6.45) is 1.65. The maximum Gasteiger partial charge on any atom is 0.271 e. The maximum atomic E-state index is 13.6. The van der Waals surface area contributed by atoms with Crippen molar-refractivity contribution < 1.29 is 27.6 Å². The van der Waals surface area contributed by atoms with Crippen LogP contribution in [0.25, 0.3) is 0 Å². The summed E-state index contributed by atoms with van der Waals surface area (Å²) in [5.74, 6) is 0.0421. The third kappa shape index (κ3) is 5.73. The second-order valence-corrected chi connectivity index (χ2v) is 9.56. The van der Waals surface area contributed by atoms with Crippen molar-refractivity contribution in [2.24, 2.45) is 0 Å². The molecule has 1 aliphatic heterocycles. The van der Waals surface area contributed by atoms with Crippen molar-refractivity contribution in [1.82, 2.24) is 0 Å². The number of benzene rings is 2. The number of unbranched alkanes of at least 4 members (excludes halogenated alkanes) is 1. The third-order valence-corrected chi connectivity index (χ3v) is 7.16. The van der Waals surface area contributed by atoms with Gasteiger partial charge in [-0.05, 0) is 49.6 Å². The molecule has 0 aliphatic carbocycles. The highest BCUT2D eigenvalue weighted by Gasteiger charge is 2.30. The van der Waals surface area contributed by atoms with Crippen LogP contribution >= 0.6 is 15.9 Å². The van der Waals surface area contributed by atoms with Gasteiger partial charge in [-0.3, -0.25) is 14.4 Å². The summed E-state index contributed by atoms with van der Waals surface area (Å²) in [5, 5.41) is 11.2. The number of ether oxygens (including phenoxy) is 3. The molecular formula is C20H23BrN2O7S. The van der Waals surface area contributed by atoms with Gasteiger partial charge in [-0.25, -0.2) is 8.42 Å². The van der Waals surface area contributed by atoms with Gasteiger partial charge in [0, 0.05) is 23.2 Å². The summed E-state index contributed by atoms with van der Waals surface area (Å²) in [6.45, 7) is 1.32. The van der Waals surface area contributed by atoms with Crippen molar-refractivity contribution in [3.8, 4) is 5.75 Å². The number of hydrogen-bond acceptors (Lipinski definition) is 7. The van der Waals surface area contributed by atoms with Gasteiger partial charge in [0.25, 0.3) is 15.7 Å². The standard InChI is InChI=1S/C20H23BrN2O7S/c1-28-18-10-9-17(23(24)25)14-19(18)31(26,27)22(16-7-5-15(21)6-8-16)11-3-2-4-20-29-12-13-30-20/h5-10,14,20H,2-4,11-13H2,1H3. The molecular weight excluding hydrogens is 492 g/mol. The Balaban J connectivity index is 1.90. The normalized spacial score (nSPS) is 14.5. The number of nitro groups is 1. The van der Waals surface area contributed by atoms with Gasteiger partial charge in [-0.2, -0.15) is 0 Å². The topological polar surface area (TPSA) is 108 Å². The van der Waals surface area contributed by atoms with Crippen molar-refractivity contribution in [3.05, 3.63) is 57.1 Å². The maximum absolute atomic E-state index is 13.6. The minimum atomic E-state index is -4.14. The lowest BCUT2D eigenvalue weighted by atomic mass is 10.2. The van der Waals surface area contributed by atoms with E-state index in [4.69, 9.17) is 14.2 Å². The predicted molar refractivity (Wildman–Crippen MR) is 118 cm³/mol. The number of nitrogens with zero attached hydrogens (tertiary/aromatic N) is 2. The fourth-order valence-electron chi connectivity index (χ4n) is 3.23.